The third kappa shape index (κ3) is 4.53. The van der Waals surface area contributed by atoms with E-state index in [9.17, 15) is 0 Å². The molecule has 0 heterocycles. The van der Waals surface area contributed by atoms with Gasteiger partial charge in [-0.05, 0) is 43.8 Å². The zero-order valence-corrected chi connectivity index (χ0v) is 19.0. The van der Waals surface area contributed by atoms with Gasteiger partial charge in [0.15, 0.2) is 0 Å². The molecule has 0 aliphatic heterocycles. The van der Waals surface area contributed by atoms with Crippen LogP contribution in [0.5, 0.6) is 0 Å². The second kappa shape index (κ2) is 10.5. The molecular formula is C34H26. The largest absolute Gasteiger partial charge is 0.0623 e. The summed E-state index contributed by atoms with van der Waals surface area (Å²) >= 11 is 0. The Balaban J connectivity index is 1.94. The van der Waals surface area contributed by atoms with Gasteiger partial charge in [0.1, 0.15) is 0 Å². The van der Waals surface area contributed by atoms with E-state index in [1.165, 1.54) is 43.8 Å². The van der Waals surface area contributed by atoms with E-state index in [0.29, 0.717) is 0 Å². The average molecular weight is 435 g/mol. The summed E-state index contributed by atoms with van der Waals surface area (Å²) in [5.74, 6) is 0. The molecule has 5 rings (SSSR count). The maximum absolute atomic E-state index is 2.25. The highest BCUT2D eigenvalue weighted by molar-refractivity contribution is 6.21. The molecule has 0 amide bonds. The summed E-state index contributed by atoms with van der Waals surface area (Å²) in [6.07, 6.45) is 0. The zero-order valence-electron chi connectivity index (χ0n) is 19.0. The molecule has 0 saturated heterocycles. The Bertz CT molecular complexity index is 1330. The Labute approximate surface area is 201 Å². The highest BCUT2D eigenvalue weighted by Gasteiger charge is 2.15. The van der Waals surface area contributed by atoms with Crippen LogP contribution in [-0.2, 0) is 0 Å². The molecule has 5 aromatic carbocycles. The van der Waals surface area contributed by atoms with Crippen LogP contribution in [-0.4, -0.2) is 0 Å². The SMILES string of the molecule is c1ccccc(-c2c3ccccc3c(-c3ccccccccc3)c3ccccc23)cccc1. The van der Waals surface area contributed by atoms with Crippen LogP contribution >= 0.6 is 0 Å². The Kier molecular flexibility index (Phi) is 6.59. The lowest BCUT2D eigenvalue weighted by atomic mass is 9.86. The molecular weight excluding hydrogens is 408 g/mol. The number of hydrogen-bond acceptors (Lipinski definition) is 0. The van der Waals surface area contributed by atoms with Crippen molar-refractivity contribution in [2.24, 2.45) is 0 Å². The van der Waals surface area contributed by atoms with Crippen LogP contribution in [0.15, 0.2) is 158 Å². The topological polar surface area (TPSA) is 0 Å². The predicted molar refractivity (Wildman–Crippen MR) is 148 cm³/mol. The Morgan fingerprint density at radius 3 is 0.676 bits per heavy atom. The van der Waals surface area contributed by atoms with Gasteiger partial charge in [0.25, 0.3) is 0 Å². The Morgan fingerprint density at radius 1 is 0.206 bits per heavy atom. The fourth-order valence-corrected chi connectivity index (χ4v) is 4.47. The summed E-state index contributed by atoms with van der Waals surface area (Å²) in [5.41, 5.74) is 4.91. The zero-order chi connectivity index (χ0) is 23.0. The van der Waals surface area contributed by atoms with E-state index in [4.69, 9.17) is 0 Å². The van der Waals surface area contributed by atoms with Gasteiger partial charge in [-0.1, -0.05) is 158 Å². The molecule has 0 atom stereocenters. The van der Waals surface area contributed by atoms with Crippen molar-refractivity contribution in [3.05, 3.63) is 158 Å². The summed E-state index contributed by atoms with van der Waals surface area (Å²) in [6.45, 7) is 0. The first-order valence-corrected chi connectivity index (χ1v) is 11.6. The van der Waals surface area contributed by atoms with Crippen molar-refractivity contribution in [1.29, 1.82) is 0 Å². The molecule has 0 aliphatic carbocycles. The van der Waals surface area contributed by atoms with Crippen molar-refractivity contribution in [2.45, 2.75) is 0 Å². The van der Waals surface area contributed by atoms with Crippen LogP contribution in [0.4, 0.5) is 0 Å². The standard InChI is InChI=1S/C34H26/c1-3-7-11-19-27(20-12-8-4-1)33-29-23-15-17-25-31(29)34(32-26-18-16-24-30(32)33)28-21-13-9-5-2-6-10-14-22-28/h1-26H. The Morgan fingerprint density at radius 2 is 0.412 bits per heavy atom. The molecule has 0 aromatic heterocycles. The third-order valence-corrected chi connectivity index (χ3v) is 5.95. The van der Waals surface area contributed by atoms with E-state index in [2.05, 4.69) is 146 Å². The number of rotatable bonds is 2. The molecule has 0 spiro atoms. The number of hydrogen-bond donors (Lipinski definition) is 0. The van der Waals surface area contributed by atoms with Gasteiger partial charge >= 0.3 is 0 Å². The van der Waals surface area contributed by atoms with Crippen LogP contribution in [0.3, 0.4) is 0 Å². The van der Waals surface area contributed by atoms with Gasteiger partial charge in [-0.25, -0.2) is 0 Å². The van der Waals surface area contributed by atoms with E-state index < -0.39 is 0 Å². The average Bonchev–Trinajstić information content (AvgIpc) is 2.89. The second-order valence-electron chi connectivity index (χ2n) is 8.11. The quantitative estimate of drug-likeness (QED) is 0.243. The molecule has 0 heteroatoms. The predicted octanol–water partition coefficient (Wildman–Crippen LogP) is 9.58. The first-order valence-electron chi connectivity index (χ1n) is 11.6. The summed E-state index contributed by atoms with van der Waals surface area (Å²) in [7, 11) is 0. The smallest absolute Gasteiger partial charge is 0.00264 e. The summed E-state index contributed by atoms with van der Waals surface area (Å²) in [5, 5.41) is 5.01. The molecule has 0 radical (unpaired) electrons. The van der Waals surface area contributed by atoms with Crippen LogP contribution < -0.4 is 0 Å². The molecule has 0 nitrogen and oxygen atoms in total. The van der Waals surface area contributed by atoms with E-state index in [1.54, 1.807) is 0 Å². The molecule has 0 aliphatic rings. The molecule has 34 heavy (non-hydrogen) atoms. The molecule has 0 fully saturated rings. The fraction of sp³-hybridized carbons (Fsp3) is 0. The first kappa shape index (κ1) is 21.4. The monoisotopic (exact) mass is 434 g/mol. The molecule has 0 unspecified atom stereocenters. The number of benzene rings is 3. The lowest BCUT2D eigenvalue weighted by Gasteiger charge is -2.17. The first-order chi connectivity index (χ1) is 16.9. The molecule has 0 saturated carbocycles. The van der Waals surface area contributed by atoms with Gasteiger partial charge in [0, 0.05) is 0 Å². The lowest BCUT2D eigenvalue weighted by Crippen LogP contribution is -1.89. The third-order valence-electron chi connectivity index (χ3n) is 5.95. The van der Waals surface area contributed by atoms with Crippen LogP contribution in [0.1, 0.15) is 0 Å². The fourth-order valence-electron chi connectivity index (χ4n) is 4.47. The van der Waals surface area contributed by atoms with Gasteiger partial charge in [0.2, 0.25) is 0 Å². The highest BCUT2D eigenvalue weighted by atomic mass is 14.2. The van der Waals surface area contributed by atoms with Crippen molar-refractivity contribution in [2.75, 3.05) is 0 Å². The van der Waals surface area contributed by atoms with Gasteiger partial charge in [0.05, 0.1) is 0 Å². The van der Waals surface area contributed by atoms with Gasteiger partial charge in [-0.3, -0.25) is 0 Å². The van der Waals surface area contributed by atoms with Gasteiger partial charge in [-0.15, -0.1) is 0 Å². The summed E-state index contributed by atoms with van der Waals surface area (Å²) in [4.78, 5) is 0. The van der Waals surface area contributed by atoms with Gasteiger partial charge < -0.3 is 0 Å². The Hall–Kier alpha value is -4.42. The minimum atomic E-state index is 1.19. The normalized spacial score (nSPS) is 10.4. The minimum absolute atomic E-state index is 1.19. The lowest BCUT2D eigenvalue weighted by molar-refractivity contribution is 1.66. The van der Waals surface area contributed by atoms with Crippen molar-refractivity contribution >= 4 is 21.5 Å². The minimum Gasteiger partial charge on any atom is -0.0623 e. The van der Waals surface area contributed by atoms with E-state index in [1.807, 2.05) is 12.1 Å². The molecule has 0 bridgehead atoms. The van der Waals surface area contributed by atoms with Crippen molar-refractivity contribution in [1.82, 2.24) is 0 Å². The molecule has 162 valence electrons. The van der Waals surface area contributed by atoms with E-state index in [0.717, 1.165) is 0 Å². The second-order valence-corrected chi connectivity index (χ2v) is 8.11. The van der Waals surface area contributed by atoms with Crippen LogP contribution in [0, 0.1) is 0 Å². The van der Waals surface area contributed by atoms with Gasteiger partial charge in [-0.2, -0.15) is 0 Å². The van der Waals surface area contributed by atoms with Crippen molar-refractivity contribution < 1.29 is 0 Å². The van der Waals surface area contributed by atoms with Crippen molar-refractivity contribution in [3.8, 4) is 22.3 Å². The van der Waals surface area contributed by atoms with Crippen molar-refractivity contribution in [3.63, 3.8) is 0 Å². The van der Waals surface area contributed by atoms with Crippen LogP contribution in [0.25, 0.3) is 43.8 Å². The maximum atomic E-state index is 2.25. The van der Waals surface area contributed by atoms with E-state index in [-0.39, 0.29) is 0 Å². The molecule has 0 N–H and O–H groups in total. The summed E-state index contributed by atoms with van der Waals surface area (Å²) in [6, 6.07) is 55.4. The highest BCUT2D eigenvalue weighted by Crippen LogP contribution is 2.42. The number of fused-ring (bicyclic) bond motifs is 2. The summed E-state index contributed by atoms with van der Waals surface area (Å²) < 4.78 is 0. The maximum Gasteiger partial charge on any atom is -0.00264 e. The van der Waals surface area contributed by atoms with Crippen LogP contribution in [0.2, 0.25) is 0 Å². The van der Waals surface area contributed by atoms with E-state index >= 15 is 0 Å². The molecule has 5 aromatic rings.